The van der Waals surface area contributed by atoms with Crippen LogP contribution in [0.3, 0.4) is 0 Å². The van der Waals surface area contributed by atoms with Gasteiger partial charge in [0.2, 0.25) is 0 Å². The van der Waals surface area contributed by atoms with Crippen molar-refractivity contribution in [3.05, 3.63) is 55.8 Å². The molecule has 1 aromatic rings. The van der Waals surface area contributed by atoms with E-state index in [2.05, 4.69) is 20.0 Å². The van der Waals surface area contributed by atoms with Crippen molar-refractivity contribution in [3.8, 4) is 0 Å². The minimum absolute atomic E-state index is 0. The fourth-order valence-electron chi connectivity index (χ4n) is 1.85. The Kier molecular flexibility index (Phi) is 27.8. The molecule has 1 unspecified atom stereocenters. The predicted octanol–water partition coefficient (Wildman–Crippen LogP) is 3.44. The molecule has 0 N–H and O–H groups in total. The van der Waals surface area contributed by atoms with Gasteiger partial charge in [0.15, 0.2) is 5.66 Å². The molecule has 0 heterocycles. The fraction of sp³-hybridized carbons (Fsp3) is 0.412. The van der Waals surface area contributed by atoms with Crippen LogP contribution in [0.1, 0.15) is 32.0 Å². The molecule has 0 aromatic heterocycles. The van der Waals surface area contributed by atoms with Gasteiger partial charge >= 0.3 is 47.5 Å². The first kappa shape index (κ1) is 33.2. The van der Waals surface area contributed by atoms with Crippen LogP contribution in [-0.2, 0) is 54.5 Å². The third kappa shape index (κ3) is 12.6. The van der Waals surface area contributed by atoms with E-state index >= 15 is 0 Å². The largest absolute Gasteiger partial charge is 0 e. The van der Waals surface area contributed by atoms with Crippen molar-refractivity contribution < 1.29 is 54.5 Å². The third-order valence-electron chi connectivity index (χ3n) is 2.56. The average molecular weight is 436 g/mol. The van der Waals surface area contributed by atoms with E-state index in [0.29, 0.717) is 5.56 Å². The van der Waals surface area contributed by atoms with Crippen LogP contribution in [0, 0.1) is 20.0 Å². The van der Waals surface area contributed by atoms with Crippen molar-refractivity contribution in [2.45, 2.75) is 26.4 Å². The summed E-state index contributed by atoms with van der Waals surface area (Å²) in [4.78, 5) is 12.2. The number of benzene rings is 1. The summed E-state index contributed by atoms with van der Waals surface area (Å²) >= 11 is 0. The second-order valence-electron chi connectivity index (χ2n) is 3.94. The van der Waals surface area contributed by atoms with Gasteiger partial charge in [0.1, 0.15) is 0 Å². The smallest absolute Gasteiger partial charge is 0 e. The first-order valence-electron chi connectivity index (χ1n) is 7.30. The number of ether oxygens (including phenoxy) is 1. The van der Waals surface area contributed by atoms with Gasteiger partial charge in [0.25, 0.3) is 0 Å². The van der Waals surface area contributed by atoms with Crippen molar-refractivity contribution >= 4 is 13.6 Å². The van der Waals surface area contributed by atoms with Crippen molar-refractivity contribution in [1.29, 1.82) is 0 Å². The zero-order valence-corrected chi connectivity index (χ0v) is 17.4. The monoisotopic (exact) mass is 436 g/mol. The van der Waals surface area contributed by atoms with Gasteiger partial charge in [-0.2, -0.15) is 0 Å². The Balaban J connectivity index is -0.000000342. The van der Waals surface area contributed by atoms with Gasteiger partial charge in [0.05, 0.1) is 19.8 Å². The van der Waals surface area contributed by atoms with Crippen molar-refractivity contribution in [1.82, 2.24) is 0 Å². The van der Waals surface area contributed by atoms with E-state index in [1.165, 1.54) is 0 Å². The SMILES string of the molecule is CCOC(=O)C(c1ccccc1)P(=O)(OCC)OCC.[C-]#[O+].[C-]#[O+].[C-]#[O+].[Cr]. The molecule has 1 aromatic carbocycles. The molecule has 0 saturated carbocycles. The molecule has 0 radical (unpaired) electrons. The number of carbonyl (C=O) groups is 1. The Hall–Kier alpha value is -1.41. The molecule has 0 saturated heterocycles. The molecule has 1 rings (SSSR count). The molecule has 27 heavy (non-hydrogen) atoms. The summed E-state index contributed by atoms with van der Waals surface area (Å²) in [5, 5.41) is 0. The number of rotatable bonds is 8. The number of hydrogen-bond acceptors (Lipinski definition) is 5. The van der Waals surface area contributed by atoms with Gasteiger partial charge < -0.3 is 13.8 Å². The van der Waals surface area contributed by atoms with E-state index in [1.54, 1.807) is 45.0 Å². The van der Waals surface area contributed by atoms with Crippen LogP contribution in [-0.4, -0.2) is 25.8 Å². The maximum absolute atomic E-state index is 12.9. The summed E-state index contributed by atoms with van der Waals surface area (Å²) in [6.07, 6.45) is 0. The molecule has 0 fully saturated rings. The van der Waals surface area contributed by atoms with Gasteiger partial charge in [-0.15, -0.1) is 0 Å². The standard InChI is InChI=1S/C14H21O5P.3CO.Cr/c1-4-17-14(15)13(12-10-8-7-9-11-12)20(16,18-5-2)19-6-3;3*1-2;/h7-11,13H,4-6H2,1-3H3;;;;. The molecule has 148 valence electrons. The van der Waals surface area contributed by atoms with Crippen LogP contribution >= 0.6 is 7.60 Å². The van der Waals surface area contributed by atoms with Crippen LogP contribution in [0.25, 0.3) is 0 Å². The first-order valence-corrected chi connectivity index (χ1v) is 8.91. The molecule has 0 bridgehead atoms. The Morgan fingerprint density at radius 2 is 1.33 bits per heavy atom. The van der Waals surface area contributed by atoms with Crippen molar-refractivity contribution in [2.24, 2.45) is 0 Å². The topological polar surface area (TPSA) is 122 Å². The first-order chi connectivity index (χ1) is 12.6. The second kappa shape index (κ2) is 22.6. The van der Waals surface area contributed by atoms with Crippen LogP contribution in [0.4, 0.5) is 0 Å². The molecule has 0 aliphatic carbocycles. The summed E-state index contributed by atoms with van der Waals surface area (Å²) in [5.74, 6) is -0.594. The molecule has 8 nitrogen and oxygen atoms in total. The van der Waals surface area contributed by atoms with E-state index in [0.717, 1.165) is 0 Å². The van der Waals surface area contributed by atoms with Crippen LogP contribution in [0.5, 0.6) is 0 Å². The molecular weight excluding hydrogens is 415 g/mol. The molecule has 0 amide bonds. The quantitative estimate of drug-likeness (QED) is 0.267. The summed E-state index contributed by atoms with van der Waals surface area (Å²) in [7, 11) is -3.61. The average Bonchev–Trinajstić information content (AvgIpc) is 2.68. The summed E-state index contributed by atoms with van der Waals surface area (Å²) in [6, 6.07) is 8.78. The van der Waals surface area contributed by atoms with E-state index < -0.39 is 19.2 Å². The fourth-order valence-corrected chi connectivity index (χ4v) is 3.81. The van der Waals surface area contributed by atoms with Crippen LogP contribution in [0.2, 0.25) is 0 Å². The Morgan fingerprint density at radius 1 is 0.926 bits per heavy atom. The number of esters is 1. The molecule has 0 spiro atoms. The summed E-state index contributed by atoms with van der Waals surface area (Å²) in [5.41, 5.74) is -0.486. The normalized spacial score (nSPS) is 9.81. The van der Waals surface area contributed by atoms with Gasteiger partial charge in [-0.3, -0.25) is 9.36 Å². The Morgan fingerprint density at radius 3 is 1.67 bits per heavy atom. The van der Waals surface area contributed by atoms with E-state index in [-0.39, 0.29) is 37.2 Å². The number of hydrogen-bond donors (Lipinski definition) is 0. The zero-order valence-electron chi connectivity index (χ0n) is 15.2. The molecular formula is C17H21CrO8P. The van der Waals surface area contributed by atoms with Crippen LogP contribution < -0.4 is 0 Å². The van der Waals surface area contributed by atoms with E-state index in [4.69, 9.17) is 27.7 Å². The maximum atomic E-state index is 12.9. The Bertz CT molecular complexity index is 561. The van der Waals surface area contributed by atoms with Crippen molar-refractivity contribution in [3.63, 3.8) is 0 Å². The minimum Gasteiger partial charge on any atom is 0 e. The Labute approximate surface area is 170 Å². The number of carbonyl (C=O) groups excluding carboxylic acids is 1. The molecule has 0 aliphatic heterocycles. The predicted molar refractivity (Wildman–Crippen MR) is 88.5 cm³/mol. The van der Waals surface area contributed by atoms with Crippen molar-refractivity contribution in [2.75, 3.05) is 19.8 Å². The van der Waals surface area contributed by atoms with Crippen LogP contribution in [0.15, 0.2) is 30.3 Å². The van der Waals surface area contributed by atoms with E-state index in [1.807, 2.05) is 6.07 Å². The summed E-state index contributed by atoms with van der Waals surface area (Å²) < 4.78 is 51.0. The minimum atomic E-state index is -3.61. The van der Waals surface area contributed by atoms with Gasteiger partial charge in [0, 0.05) is 17.4 Å². The third-order valence-corrected chi connectivity index (χ3v) is 4.94. The summed E-state index contributed by atoms with van der Waals surface area (Å²) in [6.45, 7) is 19.2. The maximum Gasteiger partial charge on any atom is 0 e. The second-order valence-corrected chi connectivity index (χ2v) is 6.05. The van der Waals surface area contributed by atoms with E-state index in [9.17, 15) is 9.36 Å². The zero-order chi connectivity index (χ0) is 21.0. The molecule has 10 heteroatoms. The van der Waals surface area contributed by atoms with Gasteiger partial charge in [-0.1, -0.05) is 30.3 Å². The molecule has 0 aliphatic rings. The van der Waals surface area contributed by atoms with Gasteiger partial charge in [-0.25, -0.2) is 0 Å². The molecule has 1 atom stereocenters. The van der Waals surface area contributed by atoms with Gasteiger partial charge in [-0.05, 0) is 26.3 Å².